The van der Waals surface area contributed by atoms with E-state index in [9.17, 15) is 39.5 Å². The second-order valence-electron chi connectivity index (χ2n) is 11.2. The molecular formula is C36H25F9NOP. The van der Waals surface area contributed by atoms with Crippen molar-refractivity contribution in [3.8, 4) is 0 Å². The maximum atomic E-state index is 14.6. The fraction of sp³-hybridized carbons (Fsp3) is 0.139. The van der Waals surface area contributed by atoms with Crippen LogP contribution in [0, 0.1) is 0 Å². The van der Waals surface area contributed by atoms with E-state index in [0.29, 0.717) is 15.9 Å². The molecule has 0 atom stereocenters. The molecule has 5 aromatic carbocycles. The first-order chi connectivity index (χ1) is 22.7. The van der Waals surface area contributed by atoms with E-state index in [2.05, 4.69) is 4.99 Å². The summed E-state index contributed by atoms with van der Waals surface area (Å²) in [5, 5.41) is -1.27. The normalized spacial score (nSPS) is 18.9. The summed E-state index contributed by atoms with van der Waals surface area (Å²) in [6.45, 7) is -5.11. The zero-order valence-corrected chi connectivity index (χ0v) is 25.5. The van der Waals surface area contributed by atoms with Crippen LogP contribution in [-0.2, 0) is 9.68 Å². The van der Waals surface area contributed by atoms with Gasteiger partial charge in [0.15, 0.2) is 0 Å². The molecule has 5 aromatic rings. The molecule has 0 aromatic heterocycles. The number of hydrogen-bond acceptors (Lipinski definition) is 2. The zero-order chi connectivity index (χ0) is 34.5. The molecule has 0 radical (unpaired) electrons. The fourth-order valence-corrected chi connectivity index (χ4v) is 13.8. The zero-order valence-electron chi connectivity index (χ0n) is 24.6. The van der Waals surface area contributed by atoms with Gasteiger partial charge in [0.25, 0.3) is 0 Å². The third kappa shape index (κ3) is 4.16. The van der Waals surface area contributed by atoms with Crippen LogP contribution in [-0.4, -0.2) is 30.0 Å². The van der Waals surface area contributed by atoms with Gasteiger partial charge in [0.1, 0.15) is 0 Å². The summed E-state index contributed by atoms with van der Waals surface area (Å²) in [5.41, 5.74) is -6.37. The SMILES string of the molecule is FC(F)(F)C(N=C1OP(c2ccccc2)(c2ccccc2)(c2ccccc2)C1(c1ccccc1)c1ccccc1)(C(F)(F)F)C(F)(F)F. The molecule has 0 amide bonds. The van der Waals surface area contributed by atoms with Crippen LogP contribution in [0.5, 0.6) is 0 Å². The Morgan fingerprint density at radius 1 is 0.417 bits per heavy atom. The van der Waals surface area contributed by atoms with Gasteiger partial charge in [-0.2, -0.15) is 0 Å². The van der Waals surface area contributed by atoms with Gasteiger partial charge in [0.05, 0.1) is 0 Å². The molecule has 0 spiro atoms. The molecule has 0 aliphatic carbocycles. The van der Waals surface area contributed by atoms with Crippen LogP contribution in [0.3, 0.4) is 0 Å². The topological polar surface area (TPSA) is 21.6 Å². The summed E-state index contributed by atoms with van der Waals surface area (Å²) in [6, 6.07) is 39.5. The number of alkyl halides is 9. The van der Waals surface area contributed by atoms with Gasteiger partial charge in [-0.3, -0.25) is 0 Å². The van der Waals surface area contributed by atoms with Crippen molar-refractivity contribution in [2.24, 2.45) is 4.99 Å². The monoisotopic (exact) mass is 689 g/mol. The molecule has 0 saturated carbocycles. The van der Waals surface area contributed by atoms with E-state index in [0.717, 1.165) is 0 Å². The summed E-state index contributed by atoms with van der Waals surface area (Å²) in [4.78, 5) is 2.80. The number of aliphatic imine (C=N–C) groups is 1. The van der Waals surface area contributed by atoms with Crippen LogP contribution in [0.1, 0.15) is 11.1 Å². The Morgan fingerprint density at radius 3 is 0.958 bits per heavy atom. The van der Waals surface area contributed by atoms with E-state index >= 15 is 0 Å². The van der Waals surface area contributed by atoms with E-state index in [1.54, 1.807) is 103 Å². The van der Waals surface area contributed by atoms with E-state index in [1.807, 2.05) is 0 Å². The second kappa shape index (κ2) is 11.2. The summed E-state index contributed by atoms with van der Waals surface area (Å²) in [6.07, 6.45) is -20.9. The quantitative estimate of drug-likeness (QED) is 0.129. The molecule has 248 valence electrons. The molecule has 2 nitrogen and oxygen atoms in total. The van der Waals surface area contributed by atoms with E-state index in [4.69, 9.17) is 4.52 Å². The minimum atomic E-state index is -6.96. The number of benzene rings is 5. The maximum absolute atomic E-state index is 14.6. The van der Waals surface area contributed by atoms with Crippen LogP contribution in [0.2, 0.25) is 0 Å². The van der Waals surface area contributed by atoms with Crippen LogP contribution in [0.4, 0.5) is 39.5 Å². The summed E-state index contributed by atoms with van der Waals surface area (Å²) < 4.78 is 138. The number of nitrogens with zero attached hydrogens (tertiary/aromatic N) is 1. The summed E-state index contributed by atoms with van der Waals surface area (Å²) in [7, 11) is 0. The van der Waals surface area contributed by atoms with Crippen molar-refractivity contribution < 1.29 is 44.0 Å². The van der Waals surface area contributed by atoms with Crippen molar-refractivity contribution in [1.82, 2.24) is 0 Å². The van der Waals surface area contributed by atoms with Gasteiger partial charge in [0, 0.05) is 0 Å². The van der Waals surface area contributed by atoms with Crippen LogP contribution < -0.4 is 15.9 Å². The molecule has 6 rings (SSSR count). The Labute approximate surface area is 269 Å². The van der Waals surface area contributed by atoms with Gasteiger partial charge >= 0.3 is 270 Å². The standard InChI is InChI=1S/C36H25F9NOP/c37-34(38,39)33(35(40,41)42,36(43,44)45)46-31-32(26-16-6-1-7-17-26,27-18-8-2-9-19-27)48(47-31,28-20-10-3-11-21-28,29-22-12-4-13-23-29)30-24-14-5-15-25-30/h1-25H. The van der Waals surface area contributed by atoms with Crippen LogP contribution >= 0.6 is 6.83 Å². The fourth-order valence-electron chi connectivity index (χ4n) is 6.97. The molecular weight excluding hydrogens is 664 g/mol. The van der Waals surface area contributed by atoms with Crippen molar-refractivity contribution in [2.75, 3.05) is 0 Å². The predicted molar refractivity (Wildman–Crippen MR) is 168 cm³/mol. The molecule has 0 N–H and O–H groups in total. The summed E-state index contributed by atoms with van der Waals surface area (Å²) in [5.74, 6) is -1.37. The molecule has 1 aliphatic heterocycles. The Bertz CT molecular complexity index is 1740. The minimum absolute atomic E-state index is 0.0795. The van der Waals surface area contributed by atoms with Gasteiger partial charge in [-0.05, 0) is 0 Å². The average molecular weight is 690 g/mol. The van der Waals surface area contributed by atoms with Crippen LogP contribution in [0.25, 0.3) is 0 Å². The van der Waals surface area contributed by atoms with Crippen molar-refractivity contribution >= 4 is 28.6 Å². The molecule has 1 heterocycles. The van der Waals surface area contributed by atoms with Gasteiger partial charge in [0.2, 0.25) is 0 Å². The molecule has 1 saturated heterocycles. The van der Waals surface area contributed by atoms with Gasteiger partial charge in [-0.15, -0.1) is 0 Å². The Morgan fingerprint density at radius 2 is 0.688 bits per heavy atom. The van der Waals surface area contributed by atoms with Crippen molar-refractivity contribution in [3.63, 3.8) is 0 Å². The molecule has 1 aliphatic rings. The van der Waals surface area contributed by atoms with Crippen molar-refractivity contribution in [2.45, 2.75) is 29.2 Å². The van der Waals surface area contributed by atoms with Crippen molar-refractivity contribution in [3.05, 3.63) is 163 Å². The van der Waals surface area contributed by atoms with Crippen LogP contribution in [0.15, 0.2) is 157 Å². The average Bonchev–Trinajstić information content (AvgIpc) is 3.05. The third-order valence-electron chi connectivity index (χ3n) is 8.85. The number of hydrogen-bond donors (Lipinski definition) is 0. The molecule has 0 unspecified atom stereocenters. The summed E-state index contributed by atoms with van der Waals surface area (Å²) >= 11 is 0. The Hall–Kier alpha value is -4.63. The van der Waals surface area contributed by atoms with Crippen molar-refractivity contribution in [1.29, 1.82) is 0 Å². The Kier molecular flexibility index (Phi) is 7.78. The van der Waals surface area contributed by atoms with Gasteiger partial charge in [-0.25, -0.2) is 0 Å². The predicted octanol–water partition coefficient (Wildman–Crippen LogP) is 9.23. The first kappa shape index (κ1) is 33.3. The third-order valence-corrected chi connectivity index (χ3v) is 15.2. The first-order valence-electron chi connectivity index (χ1n) is 14.5. The Balaban J connectivity index is 1.97. The van der Waals surface area contributed by atoms with E-state index in [1.165, 1.54) is 48.5 Å². The second-order valence-corrected chi connectivity index (χ2v) is 15.7. The van der Waals surface area contributed by atoms with Gasteiger partial charge in [-0.1, -0.05) is 0 Å². The molecule has 48 heavy (non-hydrogen) atoms. The number of rotatable bonds is 6. The molecule has 12 heteroatoms. The van der Waals surface area contributed by atoms with Gasteiger partial charge < -0.3 is 0 Å². The first-order valence-corrected chi connectivity index (χ1v) is 16.6. The number of halogens is 9. The van der Waals surface area contributed by atoms with E-state index in [-0.39, 0.29) is 11.1 Å². The van der Waals surface area contributed by atoms with E-state index < -0.39 is 42.0 Å². The molecule has 0 bridgehead atoms. The molecule has 1 fully saturated rings.